The number of amides is 6. The molecule has 6 amide bonds. The zero-order chi connectivity index (χ0) is 45.4. The molecule has 0 aromatic carbocycles. The molecule has 0 saturated carbocycles. The van der Waals surface area contributed by atoms with Crippen molar-refractivity contribution in [3.05, 3.63) is 0 Å². The lowest BCUT2D eigenvalue weighted by molar-refractivity contribution is -0.0814. The van der Waals surface area contributed by atoms with Gasteiger partial charge in [0.2, 0.25) is 0 Å². The van der Waals surface area contributed by atoms with Crippen LogP contribution in [0.25, 0.3) is 0 Å². The molecule has 362 valence electrons. The molecule has 0 aromatic rings. The maximum Gasteiger partial charge on any atom is 0.327 e. The lowest BCUT2D eigenvalue weighted by Crippen LogP contribution is -2.50. The van der Waals surface area contributed by atoms with Gasteiger partial charge in [0, 0.05) is 26.4 Å². The first kappa shape index (κ1) is 53.7. The van der Waals surface area contributed by atoms with Crippen LogP contribution < -0.4 is 10.6 Å². The van der Waals surface area contributed by atoms with Gasteiger partial charge in [-0.25, -0.2) is 14.4 Å². The third-order valence-corrected chi connectivity index (χ3v) is 12.3. The minimum atomic E-state index is -1.74. The van der Waals surface area contributed by atoms with Crippen LogP contribution in [0.3, 0.4) is 0 Å². The standard InChI is InChI=1S/C43H82N6O13/c1-5-9-21-59-31(25-50)13-17-35-37(19-15-33(27-52)61-23-11-7-3)46(41(56)44-35)29-48-39(54)40(55)49(43(48)58)30-47-38(20-16-34(28-53)62-24-12-8-4)36(45-42(47)57)18-14-32(26-51)60-22-10-6-2/h31-40,50-55H,5-30H2,1-4H3,(H,44,56)(H,45,57)/t31?,32?,33?,34?,35?,36?,37?,38?,39-,40?/m0/s1. The Bertz CT molecular complexity index is 1170. The fraction of sp³-hybridized carbons (Fsp3) is 0.930. The highest BCUT2D eigenvalue weighted by molar-refractivity contribution is 5.82. The molecule has 9 unspecified atom stereocenters. The number of carbonyl (C=O) groups is 3. The van der Waals surface area contributed by atoms with Crippen LogP contribution >= 0.6 is 0 Å². The highest BCUT2D eigenvalue weighted by atomic mass is 16.5. The SMILES string of the molecule is CCCCOC(CO)CCC1NC(=O)N(CN2C(=O)N(CN3C(=O)NC(CCC(CO)OCCCC)C3CCC(CO)OCCCC)[C@@H](O)C2O)C1CCC(CO)OCCCC. The highest BCUT2D eigenvalue weighted by Gasteiger charge is 2.50. The van der Waals surface area contributed by atoms with Gasteiger partial charge in [-0.3, -0.25) is 9.80 Å². The van der Waals surface area contributed by atoms with Crippen molar-refractivity contribution in [3.63, 3.8) is 0 Å². The molecule has 3 fully saturated rings. The first-order valence-electron chi connectivity index (χ1n) is 23.5. The predicted octanol–water partition coefficient (Wildman–Crippen LogP) is 2.63. The quantitative estimate of drug-likeness (QED) is 0.0423. The van der Waals surface area contributed by atoms with E-state index in [1.54, 1.807) is 0 Å². The van der Waals surface area contributed by atoms with Crippen molar-refractivity contribution in [2.24, 2.45) is 0 Å². The second kappa shape index (κ2) is 29.8. The van der Waals surface area contributed by atoms with Crippen LogP contribution in [0.2, 0.25) is 0 Å². The summed E-state index contributed by atoms with van der Waals surface area (Å²) < 4.78 is 23.6. The zero-order valence-corrected chi connectivity index (χ0v) is 38.0. The molecule has 8 N–H and O–H groups in total. The highest BCUT2D eigenvalue weighted by Crippen LogP contribution is 2.30. The topological polar surface area (TPSA) is 247 Å². The first-order valence-corrected chi connectivity index (χ1v) is 23.5. The second-order valence-electron chi connectivity index (χ2n) is 16.9. The van der Waals surface area contributed by atoms with Gasteiger partial charge in [-0.1, -0.05) is 53.4 Å². The van der Waals surface area contributed by atoms with Crippen molar-refractivity contribution >= 4 is 18.1 Å². The number of carbonyl (C=O) groups excluding carboxylic acids is 3. The van der Waals surface area contributed by atoms with E-state index in [0.717, 1.165) is 61.2 Å². The third kappa shape index (κ3) is 16.4. The fourth-order valence-corrected chi connectivity index (χ4v) is 8.25. The summed E-state index contributed by atoms with van der Waals surface area (Å²) in [6, 6.07) is -3.58. The molecule has 0 aromatic heterocycles. The summed E-state index contributed by atoms with van der Waals surface area (Å²) in [5.41, 5.74) is 0. The molecule has 0 aliphatic carbocycles. The molecule has 19 nitrogen and oxygen atoms in total. The van der Waals surface area contributed by atoms with Crippen LogP contribution in [0, 0.1) is 0 Å². The van der Waals surface area contributed by atoms with Gasteiger partial charge in [-0.05, 0) is 77.0 Å². The average molecular weight is 891 g/mol. The molecule has 19 heteroatoms. The predicted molar refractivity (Wildman–Crippen MR) is 231 cm³/mol. The lowest BCUT2D eigenvalue weighted by atomic mass is 9.96. The fourth-order valence-electron chi connectivity index (χ4n) is 8.25. The largest absolute Gasteiger partial charge is 0.394 e. The van der Waals surface area contributed by atoms with Gasteiger partial charge < -0.3 is 70.0 Å². The van der Waals surface area contributed by atoms with Crippen molar-refractivity contribution in [1.29, 1.82) is 0 Å². The number of aliphatic hydroxyl groups excluding tert-OH is 6. The van der Waals surface area contributed by atoms with Crippen LogP contribution in [0.15, 0.2) is 0 Å². The molecule has 0 spiro atoms. The molecule has 0 radical (unpaired) electrons. The van der Waals surface area contributed by atoms with E-state index in [-0.39, 0.29) is 39.8 Å². The number of nitrogens with one attached hydrogen (secondary N) is 2. The van der Waals surface area contributed by atoms with Crippen molar-refractivity contribution in [3.8, 4) is 0 Å². The minimum Gasteiger partial charge on any atom is -0.394 e. The maximum atomic E-state index is 14.2. The van der Waals surface area contributed by atoms with E-state index in [0.29, 0.717) is 77.8 Å². The van der Waals surface area contributed by atoms with Crippen LogP contribution in [-0.4, -0.2) is 196 Å². The number of nitrogens with zero attached hydrogens (tertiary/aromatic N) is 4. The number of unbranched alkanes of at least 4 members (excludes halogenated alkanes) is 4. The summed E-state index contributed by atoms with van der Waals surface area (Å²) in [7, 11) is 0. The molecule has 3 aliphatic rings. The van der Waals surface area contributed by atoms with Gasteiger partial charge in [0.15, 0.2) is 12.5 Å². The molecular weight excluding hydrogens is 809 g/mol. The van der Waals surface area contributed by atoms with Gasteiger partial charge in [0.1, 0.15) is 13.3 Å². The van der Waals surface area contributed by atoms with Crippen LogP contribution in [0.1, 0.15) is 130 Å². The Hall–Kier alpha value is -2.59. The molecule has 0 bridgehead atoms. The number of hydrogen-bond donors (Lipinski definition) is 8. The molecule has 62 heavy (non-hydrogen) atoms. The monoisotopic (exact) mass is 891 g/mol. The molecular formula is C43H82N6O13. The summed E-state index contributed by atoms with van der Waals surface area (Å²) in [5.74, 6) is 0. The smallest absolute Gasteiger partial charge is 0.327 e. The van der Waals surface area contributed by atoms with Crippen molar-refractivity contribution in [2.75, 3.05) is 66.2 Å². The Morgan fingerprint density at radius 3 is 1.05 bits per heavy atom. The van der Waals surface area contributed by atoms with E-state index in [2.05, 4.69) is 24.5 Å². The van der Waals surface area contributed by atoms with Gasteiger partial charge in [0.25, 0.3) is 0 Å². The third-order valence-electron chi connectivity index (χ3n) is 12.3. The Morgan fingerprint density at radius 2 is 0.774 bits per heavy atom. The Kier molecular flexibility index (Phi) is 25.8. The Labute approximate surface area is 369 Å². The van der Waals surface area contributed by atoms with Crippen molar-refractivity contribution < 1.29 is 64.0 Å². The van der Waals surface area contributed by atoms with Gasteiger partial charge >= 0.3 is 18.1 Å². The van der Waals surface area contributed by atoms with Crippen LogP contribution in [0.4, 0.5) is 14.4 Å². The van der Waals surface area contributed by atoms with Crippen LogP contribution in [0.5, 0.6) is 0 Å². The zero-order valence-electron chi connectivity index (χ0n) is 38.0. The van der Waals surface area contributed by atoms with Crippen LogP contribution in [-0.2, 0) is 18.9 Å². The van der Waals surface area contributed by atoms with E-state index in [1.807, 2.05) is 13.8 Å². The van der Waals surface area contributed by atoms with E-state index < -0.39 is 79.1 Å². The number of ether oxygens (including phenoxy) is 4. The Morgan fingerprint density at radius 1 is 0.484 bits per heavy atom. The number of urea groups is 3. The number of rotatable bonds is 36. The lowest BCUT2D eigenvalue weighted by Gasteiger charge is -2.33. The molecule has 3 saturated heterocycles. The minimum absolute atomic E-state index is 0.180. The summed E-state index contributed by atoms with van der Waals surface area (Å²) in [6.07, 6.45) is 5.26. The summed E-state index contributed by atoms with van der Waals surface area (Å²) in [6.45, 7) is 8.64. The van der Waals surface area contributed by atoms with E-state index in [4.69, 9.17) is 18.9 Å². The maximum absolute atomic E-state index is 14.2. The molecule has 3 aliphatic heterocycles. The molecule has 3 heterocycles. The second-order valence-corrected chi connectivity index (χ2v) is 16.9. The number of aliphatic hydroxyl groups is 6. The van der Waals surface area contributed by atoms with Gasteiger partial charge in [0.05, 0.1) is 75.0 Å². The van der Waals surface area contributed by atoms with Gasteiger partial charge in [-0.2, -0.15) is 0 Å². The molecule has 3 rings (SSSR count). The van der Waals surface area contributed by atoms with Crippen molar-refractivity contribution in [1.82, 2.24) is 30.2 Å². The summed E-state index contributed by atoms with van der Waals surface area (Å²) in [4.78, 5) is 46.5. The first-order chi connectivity index (χ1) is 30.0. The Balaban J connectivity index is 1.81. The van der Waals surface area contributed by atoms with E-state index in [1.165, 1.54) is 9.80 Å². The van der Waals surface area contributed by atoms with Crippen molar-refractivity contribution in [2.45, 2.75) is 191 Å². The molecule has 10 atom stereocenters. The number of hydrogen-bond acceptors (Lipinski definition) is 13. The summed E-state index contributed by atoms with van der Waals surface area (Å²) in [5, 5.41) is 69.0. The average Bonchev–Trinajstić information content (AvgIpc) is 3.81. The van der Waals surface area contributed by atoms with Gasteiger partial charge in [-0.15, -0.1) is 0 Å². The van der Waals surface area contributed by atoms with E-state index in [9.17, 15) is 45.0 Å². The summed E-state index contributed by atoms with van der Waals surface area (Å²) >= 11 is 0. The van der Waals surface area contributed by atoms with E-state index >= 15 is 0 Å². The normalized spacial score (nSPS) is 24.9.